The highest BCUT2D eigenvalue weighted by Gasteiger charge is 2.27. The minimum absolute atomic E-state index is 0.0702. The van der Waals surface area contributed by atoms with Crippen molar-refractivity contribution >= 4 is 22.9 Å². The Hall–Kier alpha value is -2.98. The standard InChI is InChI=1S/C21H19F3N4O2S/c1-21(23,24)18-7-6-15(31-18)10-28-12-25-19(26-20(28)30)27-9-8-16(17(29)11-27)13-2-4-14(22)5-3-13/h2-8,12,17,29H,9-11H2,1H3. The second-order valence-corrected chi connectivity index (χ2v) is 8.48. The lowest BCUT2D eigenvalue weighted by Crippen LogP contribution is -2.40. The fraction of sp³-hybridized carbons (Fsp3) is 0.286. The Morgan fingerprint density at radius 1 is 1.23 bits per heavy atom. The highest BCUT2D eigenvalue weighted by molar-refractivity contribution is 7.12. The topological polar surface area (TPSA) is 71.2 Å². The van der Waals surface area contributed by atoms with E-state index in [1.807, 2.05) is 0 Å². The predicted octanol–water partition coefficient (Wildman–Crippen LogP) is 3.26. The lowest BCUT2D eigenvalue weighted by atomic mass is 9.97. The first-order valence-corrected chi connectivity index (χ1v) is 10.3. The molecule has 2 aromatic heterocycles. The summed E-state index contributed by atoms with van der Waals surface area (Å²) in [5.41, 5.74) is 0.828. The summed E-state index contributed by atoms with van der Waals surface area (Å²) in [6, 6.07) is 8.76. The molecule has 1 aromatic carbocycles. The Balaban J connectivity index is 1.49. The maximum absolute atomic E-state index is 13.4. The van der Waals surface area contributed by atoms with E-state index in [1.165, 1.54) is 29.1 Å². The van der Waals surface area contributed by atoms with Gasteiger partial charge >= 0.3 is 5.69 Å². The Bertz CT molecular complexity index is 1170. The van der Waals surface area contributed by atoms with Crippen molar-refractivity contribution in [3.8, 4) is 0 Å². The molecule has 1 aliphatic rings. The van der Waals surface area contributed by atoms with Crippen LogP contribution in [0.3, 0.4) is 0 Å². The molecular weight excluding hydrogens is 429 g/mol. The second-order valence-electron chi connectivity index (χ2n) is 7.31. The van der Waals surface area contributed by atoms with Crippen molar-refractivity contribution in [1.82, 2.24) is 14.5 Å². The number of hydrogen-bond acceptors (Lipinski definition) is 6. The molecular formula is C21H19F3N4O2S. The van der Waals surface area contributed by atoms with Gasteiger partial charge in [0.1, 0.15) is 12.1 Å². The van der Waals surface area contributed by atoms with Gasteiger partial charge in [-0.1, -0.05) is 18.2 Å². The van der Waals surface area contributed by atoms with E-state index < -0.39 is 17.7 Å². The summed E-state index contributed by atoms with van der Waals surface area (Å²) in [4.78, 5) is 22.8. The zero-order valence-electron chi connectivity index (χ0n) is 16.5. The average molecular weight is 448 g/mol. The largest absolute Gasteiger partial charge is 0.387 e. The van der Waals surface area contributed by atoms with Crippen LogP contribution in [0.2, 0.25) is 0 Å². The molecule has 0 bridgehead atoms. The number of alkyl halides is 2. The Morgan fingerprint density at radius 3 is 2.58 bits per heavy atom. The Kier molecular flexibility index (Phi) is 5.67. The molecule has 0 saturated heterocycles. The second kappa shape index (κ2) is 8.27. The lowest BCUT2D eigenvalue weighted by Gasteiger charge is -2.30. The fourth-order valence-electron chi connectivity index (χ4n) is 3.32. The molecule has 1 atom stereocenters. The van der Waals surface area contributed by atoms with Gasteiger partial charge in [0.25, 0.3) is 5.92 Å². The van der Waals surface area contributed by atoms with E-state index in [1.54, 1.807) is 29.2 Å². The highest BCUT2D eigenvalue weighted by Crippen LogP contribution is 2.33. The third-order valence-electron chi connectivity index (χ3n) is 4.92. The maximum Gasteiger partial charge on any atom is 0.352 e. The fourth-order valence-corrected chi connectivity index (χ4v) is 4.26. The summed E-state index contributed by atoms with van der Waals surface area (Å²) >= 11 is 0.935. The third kappa shape index (κ3) is 4.70. The number of nitrogens with zero attached hydrogens (tertiary/aromatic N) is 4. The number of aliphatic hydroxyl groups is 1. The molecule has 0 aliphatic carbocycles. The number of rotatable bonds is 5. The van der Waals surface area contributed by atoms with Gasteiger partial charge < -0.3 is 10.0 Å². The van der Waals surface area contributed by atoms with Gasteiger partial charge in [-0.3, -0.25) is 4.57 Å². The number of aromatic nitrogens is 3. The monoisotopic (exact) mass is 448 g/mol. The number of hydrogen-bond donors (Lipinski definition) is 1. The average Bonchev–Trinajstić information content (AvgIpc) is 3.19. The van der Waals surface area contributed by atoms with Crippen LogP contribution < -0.4 is 10.6 Å². The van der Waals surface area contributed by atoms with Gasteiger partial charge in [-0.15, -0.1) is 11.3 Å². The molecule has 1 N–H and O–H groups in total. The number of benzene rings is 1. The van der Waals surface area contributed by atoms with Gasteiger partial charge in [-0.05, 0) is 35.4 Å². The summed E-state index contributed by atoms with van der Waals surface area (Å²) in [6.45, 7) is 1.46. The number of β-amino-alcohol motifs (C(OH)–C–C–N with tert-alkyl or cyclic N) is 1. The van der Waals surface area contributed by atoms with Crippen LogP contribution in [0.15, 0.2) is 53.6 Å². The molecule has 3 heterocycles. The quantitative estimate of drug-likeness (QED) is 0.649. The molecule has 10 heteroatoms. The van der Waals surface area contributed by atoms with Crippen LogP contribution in [0.4, 0.5) is 19.1 Å². The number of anilines is 1. The van der Waals surface area contributed by atoms with Crippen molar-refractivity contribution in [1.29, 1.82) is 0 Å². The zero-order valence-corrected chi connectivity index (χ0v) is 17.3. The van der Waals surface area contributed by atoms with Gasteiger partial charge in [0, 0.05) is 18.3 Å². The van der Waals surface area contributed by atoms with Crippen LogP contribution in [-0.4, -0.2) is 38.8 Å². The van der Waals surface area contributed by atoms with Crippen LogP contribution in [0.1, 0.15) is 22.2 Å². The summed E-state index contributed by atoms with van der Waals surface area (Å²) in [6.07, 6.45) is 2.25. The van der Waals surface area contributed by atoms with Crippen LogP contribution >= 0.6 is 11.3 Å². The van der Waals surface area contributed by atoms with Crippen LogP contribution in [0.25, 0.3) is 5.57 Å². The molecule has 0 amide bonds. The molecule has 0 fully saturated rings. The third-order valence-corrected chi connectivity index (χ3v) is 6.16. The summed E-state index contributed by atoms with van der Waals surface area (Å²) < 4.78 is 41.2. The van der Waals surface area contributed by atoms with Gasteiger partial charge in [-0.25, -0.2) is 22.9 Å². The van der Waals surface area contributed by atoms with E-state index >= 15 is 0 Å². The summed E-state index contributed by atoms with van der Waals surface area (Å²) in [7, 11) is 0. The number of halogens is 3. The van der Waals surface area contributed by atoms with Crippen molar-refractivity contribution in [2.45, 2.75) is 25.5 Å². The first-order valence-electron chi connectivity index (χ1n) is 9.50. The molecule has 1 unspecified atom stereocenters. The predicted molar refractivity (Wildman–Crippen MR) is 112 cm³/mol. The van der Waals surface area contributed by atoms with Gasteiger partial charge in [-0.2, -0.15) is 4.98 Å². The first kappa shape index (κ1) is 21.3. The minimum atomic E-state index is -2.93. The van der Waals surface area contributed by atoms with Gasteiger partial charge in [0.05, 0.1) is 24.1 Å². The van der Waals surface area contributed by atoms with E-state index in [0.717, 1.165) is 23.8 Å². The number of aliphatic hydroxyl groups excluding tert-OH is 1. The molecule has 0 radical (unpaired) electrons. The normalized spacial score (nSPS) is 17.0. The minimum Gasteiger partial charge on any atom is -0.387 e. The smallest absolute Gasteiger partial charge is 0.352 e. The summed E-state index contributed by atoms with van der Waals surface area (Å²) in [5, 5.41) is 10.5. The van der Waals surface area contributed by atoms with Gasteiger partial charge in [0.15, 0.2) is 0 Å². The van der Waals surface area contributed by atoms with E-state index in [-0.39, 0.29) is 29.7 Å². The molecule has 31 heavy (non-hydrogen) atoms. The van der Waals surface area contributed by atoms with E-state index in [0.29, 0.717) is 17.0 Å². The SMILES string of the molecule is CC(F)(F)c1ccc(Cn2cnc(N3CC=C(c4ccc(F)cc4)C(O)C3)nc2=O)s1. The van der Waals surface area contributed by atoms with E-state index in [9.17, 15) is 23.1 Å². The van der Waals surface area contributed by atoms with Gasteiger partial charge in [0.2, 0.25) is 5.95 Å². The maximum atomic E-state index is 13.4. The molecule has 6 nitrogen and oxygen atoms in total. The Morgan fingerprint density at radius 2 is 1.97 bits per heavy atom. The first-order chi connectivity index (χ1) is 14.7. The summed E-state index contributed by atoms with van der Waals surface area (Å²) in [5.74, 6) is -3.11. The van der Waals surface area contributed by atoms with Crippen molar-refractivity contribution in [3.63, 3.8) is 0 Å². The van der Waals surface area contributed by atoms with Crippen molar-refractivity contribution in [3.05, 3.63) is 80.4 Å². The van der Waals surface area contributed by atoms with Crippen molar-refractivity contribution in [2.75, 3.05) is 18.0 Å². The molecule has 0 saturated carbocycles. The van der Waals surface area contributed by atoms with Crippen LogP contribution in [-0.2, 0) is 12.5 Å². The van der Waals surface area contributed by atoms with Crippen LogP contribution in [0.5, 0.6) is 0 Å². The highest BCUT2D eigenvalue weighted by atomic mass is 32.1. The van der Waals surface area contributed by atoms with Crippen molar-refractivity contribution in [2.24, 2.45) is 0 Å². The Labute approximate surface area is 179 Å². The van der Waals surface area contributed by atoms with Crippen LogP contribution in [0, 0.1) is 5.82 Å². The van der Waals surface area contributed by atoms with Crippen molar-refractivity contribution < 1.29 is 18.3 Å². The molecule has 4 rings (SSSR count). The molecule has 1 aliphatic heterocycles. The molecule has 3 aromatic rings. The molecule has 162 valence electrons. The zero-order chi connectivity index (χ0) is 22.2. The van der Waals surface area contributed by atoms with E-state index in [2.05, 4.69) is 9.97 Å². The van der Waals surface area contributed by atoms with E-state index in [4.69, 9.17) is 0 Å². The lowest BCUT2D eigenvalue weighted by molar-refractivity contribution is 0.0215. The number of thiophene rings is 1. The molecule has 0 spiro atoms.